The minimum absolute atomic E-state index is 0.317. The second-order valence-electron chi connectivity index (χ2n) is 4.98. The van der Waals surface area contributed by atoms with Gasteiger partial charge in [-0.25, -0.2) is 0 Å². The molecule has 0 saturated carbocycles. The van der Waals surface area contributed by atoms with Crippen LogP contribution >= 0.6 is 0 Å². The van der Waals surface area contributed by atoms with Gasteiger partial charge in [0.1, 0.15) is 5.69 Å². The maximum atomic E-state index is 6.37. The number of likely N-dealkylation sites (N-methyl/N-ethyl adjacent to an activating group) is 1. The molecule has 0 aliphatic rings. The molecule has 0 saturated heterocycles. The van der Waals surface area contributed by atoms with Crippen LogP contribution in [-0.4, -0.2) is 52.2 Å². The Morgan fingerprint density at radius 1 is 1.40 bits per heavy atom. The van der Waals surface area contributed by atoms with E-state index in [0.717, 1.165) is 24.5 Å². The molecule has 0 aliphatic carbocycles. The van der Waals surface area contributed by atoms with Crippen molar-refractivity contribution in [2.24, 2.45) is 12.8 Å². The molecule has 0 aliphatic heterocycles. The molecular weight excluding hydrogens is 256 g/mol. The summed E-state index contributed by atoms with van der Waals surface area (Å²) < 4.78 is 9.06. The highest BCUT2D eigenvalue weighted by Crippen LogP contribution is 2.27. The fourth-order valence-electron chi connectivity index (χ4n) is 2.15. The van der Waals surface area contributed by atoms with E-state index in [-0.39, 0.29) is 6.04 Å². The summed E-state index contributed by atoms with van der Waals surface area (Å²) in [7, 11) is 7.57. The lowest BCUT2D eigenvalue weighted by molar-refractivity contribution is 0.362. The Kier molecular flexibility index (Phi) is 4.41. The zero-order valence-corrected chi connectivity index (χ0v) is 12.4. The van der Waals surface area contributed by atoms with E-state index < -0.39 is 0 Å². The van der Waals surface area contributed by atoms with Gasteiger partial charge in [0.2, 0.25) is 0 Å². The molecule has 7 heteroatoms. The van der Waals surface area contributed by atoms with Gasteiger partial charge >= 0.3 is 0 Å². The Labute approximate surface area is 118 Å². The van der Waals surface area contributed by atoms with Gasteiger partial charge in [-0.15, -0.1) is 0 Å². The monoisotopic (exact) mass is 278 g/mol. The van der Waals surface area contributed by atoms with E-state index in [9.17, 15) is 0 Å². The van der Waals surface area contributed by atoms with Crippen molar-refractivity contribution in [2.45, 2.75) is 12.6 Å². The fourth-order valence-corrected chi connectivity index (χ4v) is 2.15. The first-order valence-electron chi connectivity index (χ1n) is 6.52. The molecule has 7 nitrogen and oxygen atoms in total. The molecule has 20 heavy (non-hydrogen) atoms. The molecule has 2 rings (SSSR count). The van der Waals surface area contributed by atoms with Crippen molar-refractivity contribution in [1.82, 2.24) is 24.5 Å². The normalized spacial score (nSPS) is 12.9. The maximum absolute atomic E-state index is 6.37. The van der Waals surface area contributed by atoms with E-state index in [1.165, 1.54) is 0 Å². The van der Waals surface area contributed by atoms with Crippen molar-refractivity contribution in [1.29, 1.82) is 0 Å². The Bertz CT molecular complexity index is 559. The lowest BCUT2D eigenvalue weighted by Gasteiger charge is -2.17. The first-order chi connectivity index (χ1) is 9.54. The average molecular weight is 278 g/mol. The molecule has 0 bridgehead atoms. The van der Waals surface area contributed by atoms with Gasteiger partial charge in [-0.05, 0) is 20.2 Å². The summed E-state index contributed by atoms with van der Waals surface area (Å²) in [4.78, 5) is 2.10. The molecule has 0 spiro atoms. The van der Waals surface area contributed by atoms with E-state index >= 15 is 0 Å². The first kappa shape index (κ1) is 14.5. The highest BCUT2D eigenvalue weighted by molar-refractivity contribution is 5.33. The smallest absolute Gasteiger partial charge is 0.161 e. The number of nitrogens with two attached hydrogens (primary N) is 1. The molecule has 2 heterocycles. The van der Waals surface area contributed by atoms with Crippen molar-refractivity contribution in [2.75, 3.05) is 27.7 Å². The summed E-state index contributed by atoms with van der Waals surface area (Å²) >= 11 is 0. The Morgan fingerprint density at radius 3 is 2.70 bits per heavy atom. The van der Waals surface area contributed by atoms with Crippen LogP contribution in [0.25, 0.3) is 0 Å². The number of nitrogens with zero attached hydrogens (tertiary/aromatic N) is 5. The molecule has 2 aromatic rings. The zero-order valence-electron chi connectivity index (χ0n) is 12.4. The number of aryl methyl sites for hydroxylation is 1. The van der Waals surface area contributed by atoms with Crippen molar-refractivity contribution < 1.29 is 4.74 Å². The van der Waals surface area contributed by atoms with Gasteiger partial charge in [-0.1, -0.05) is 0 Å². The van der Waals surface area contributed by atoms with Gasteiger partial charge in [-0.3, -0.25) is 9.36 Å². The molecular formula is C13H22N6O. The zero-order chi connectivity index (χ0) is 14.7. The van der Waals surface area contributed by atoms with Gasteiger partial charge in [0, 0.05) is 19.8 Å². The maximum Gasteiger partial charge on any atom is 0.161 e. The van der Waals surface area contributed by atoms with E-state index in [1.807, 2.05) is 31.9 Å². The Hall–Kier alpha value is -1.86. The van der Waals surface area contributed by atoms with Crippen LogP contribution in [0, 0.1) is 0 Å². The number of hydrogen-bond donors (Lipinski definition) is 1. The lowest BCUT2D eigenvalue weighted by Crippen LogP contribution is -2.24. The molecule has 1 unspecified atom stereocenters. The third kappa shape index (κ3) is 2.83. The minimum Gasteiger partial charge on any atom is -0.493 e. The standard InChI is InChI=1S/C13H22N6O/c1-17(2)7-8-19-13(11(20-4)9-16-19)12(14)10-5-6-15-18(10)3/h5-6,9,12H,7-8,14H2,1-4H3. The van der Waals surface area contributed by atoms with E-state index in [4.69, 9.17) is 10.5 Å². The van der Waals surface area contributed by atoms with Crippen molar-refractivity contribution in [3.8, 4) is 5.75 Å². The number of ether oxygens (including phenoxy) is 1. The number of rotatable bonds is 6. The van der Waals surface area contributed by atoms with Crippen LogP contribution in [-0.2, 0) is 13.6 Å². The number of aromatic nitrogens is 4. The van der Waals surface area contributed by atoms with Crippen LogP contribution in [0.3, 0.4) is 0 Å². The average Bonchev–Trinajstić information content (AvgIpc) is 3.01. The van der Waals surface area contributed by atoms with E-state index in [0.29, 0.717) is 5.75 Å². The quantitative estimate of drug-likeness (QED) is 0.819. The summed E-state index contributed by atoms with van der Waals surface area (Å²) in [5.41, 5.74) is 8.17. The van der Waals surface area contributed by atoms with Crippen LogP contribution in [0.5, 0.6) is 5.75 Å². The summed E-state index contributed by atoms with van der Waals surface area (Å²) in [5.74, 6) is 0.706. The van der Waals surface area contributed by atoms with Gasteiger partial charge in [-0.2, -0.15) is 10.2 Å². The largest absolute Gasteiger partial charge is 0.493 e. The Balaban J connectivity index is 2.33. The van der Waals surface area contributed by atoms with Gasteiger partial charge in [0.05, 0.1) is 31.6 Å². The third-order valence-corrected chi connectivity index (χ3v) is 3.30. The molecule has 2 aromatic heterocycles. The second kappa shape index (κ2) is 6.06. The first-order valence-corrected chi connectivity index (χ1v) is 6.52. The van der Waals surface area contributed by atoms with Crippen LogP contribution < -0.4 is 10.5 Å². The molecule has 0 fully saturated rings. The molecule has 2 N–H and O–H groups in total. The molecule has 0 radical (unpaired) electrons. The highest BCUT2D eigenvalue weighted by Gasteiger charge is 2.22. The molecule has 110 valence electrons. The van der Waals surface area contributed by atoms with Crippen LogP contribution in [0.15, 0.2) is 18.5 Å². The van der Waals surface area contributed by atoms with Crippen molar-refractivity contribution in [3.63, 3.8) is 0 Å². The van der Waals surface area contributed by atoms with Gasteiger partial charge in [0.15, 0.2) is 5.75 Å². The number of methoxy groups -OCH3 is 1. The van der Waals surface area contributed by atoms with Crippen LogP contribution in [0.2, 0.25) is 0 Å². The predicted octanol–water partition coefficient (Wildman–Crippen LogP) is 0.235. The molecule has 0 amide bonds. The lowest BCUT2D eigenvalue weighted by atomic mass is 10.1. The van der Waals surface area contributed by atoms with Gasteiger partial charge in [0.25, 0.3) is 0 Å². The van der Waals surface area contributed by atoms with Crippen LogP contribution in [0.4, 0.5) is 0 Å². The third-order valence-electron chi connectivity index (χ3n) is 3.30. The van der Waals surface area contributed by atoms with E-state index in [2.05, 4.69) is 15.1 Å². The van der Waals surface area contributed by atoms with Crippen LogP contribution in [0.1, 0.15) is 17.4 Å². The molecule has 0 aromatic carbocycles. The summed E-state index contributed by atoms with van der Waals surface area (Å²) in [5, 5.41) is 8.54. The topological polar surface area (TPSA) is 74.1 Å². The molecule has 1 atom stereocenters. The Morgan fingerprint density at radius 2 is 2.15 bits per heavy atom. The summed E-state index contributed by atoms with van der Waals surface area (Å²) in [6.45, 7) is 1.65. The second-order valence-corrected chi connectivity index (χ2v) is 4.98. The highest BCUT2D eigenvalue weighted by atomic mass is 16.5. The minimum atomic E-state index is -0.317. The van der Waals surface area contributed by atoms with Crippen molar-refractivity contribution in [3.05, 3.63) is 29.8 Å². The van der Waals surface area contributed by atoms with E-state index in [1.54, 1.807) is 24.2 Å². The summed E-state index contributed by atoms with van der Waals surface area (Å²) in [6.07, 6.45) is 3.45. The number of hydrogen-bond acceptors (Lipinski definition) is 5. The predicted molar refractivity (Wildman–Crippen MR) is 76.6 cm³/mol. The SMILES string of the molecule is COc1cnn(CCN(C)C)c1C(N)c1ccnn1C. The fraction of sp³-hybridized carbons (Fsp3) is 0.538. The summed E-state index contributed by atoms with van der Waals surface area (Å²) in [6, 6.07) is 1.59. The van der Waals surface area contributed by atoms with Crippen molar-refractivity contribution >= 4 is 0 Å². The van der Waals surface area contributed by atoms with Gasteiger partial charge < -0.3 is 15.4 Å².